The van der Waals surface area contributed by atoms with Crippen LogP contribution in [-0.4, -0.2) is 59.0 Å². The molecule has 1 N–H and O–H groups in total. The number of carbonyl (C=O) groups excluding carboxylic acids is 1. The third kappa shape index (κ3) is 5.46. The average molecular weight is 459 g/mol. The standard InChI is InChI=1S/C22H23ClN4O3S/c23-17-6-2-4-8-19(17)24-20(28)15-31-22-25-18-7-3-1-5-16(18)21(29)27(22)10-9-26-11-13-30-14-12-26/h1-8H,9-15H2,(H,24,28). The summed E-state index contributed by atoms with van der Waals surface area (Å²) in [6, 6.07) is 14.4. The van der Waals surface area contributed by atoms with E-state index < -0.39 is 0 Å². The Balaban J connectivity index is 1.52. The number of ether oxygens (including phenoxy) is 1. The number of rotatable bonds is 7. The van der Waals surface area contributed by atoms with Gasteiger partial charge in [0.05, 0.1) is 40.6 Å². The number of halogens is 1. The van der Waals surface area contributed by atoms with Crippen molar-refractivity contribution in [1.29, 1.82) is 0 Å². The van der Waals surface area contributed by atoms with Gasteiger partial charge in [-0.2, -0.15) is 0 Å². The van der Waals surface area contributed by atoms with Gasteiger partial charge in [0.25, 0.3) is 5.56 Å². The minimum absolute atomic E-state index is 0.0899. The molecule has 2 aromatic carbocycles. The first-order chi connectivity index (χ1) is 15.1. The van der Waals surface area contributed by atoms with Crippen LogP contribution in [0.15, 0.2) is 58.5 Å². The molecule has 1 saturated heterocycles. The number of para-hydroxylation sites is 2. The molecule has 1 aromatic heterocycles. The van der Waals surface area contributed by atoms with E-state index in [0.717, 1.165) is 19.6 Å². The number of carbonyl (C=O) groups is 1. The highest BCUT2D eigenvalue weighted by Gasteiger charge is 2.16. The molecule has 9 heteroatoms. The maximum absolute atomic E-state index is 13.2. The topological polar surface area (TPSA) is 76.5 Å². The highest BCUT2D eigenvalue weighted by molar-refractivity contribution is 7.99. The third-order valence-corrected chi connectivity index (χ3v) is 6.36. The number of nitrogens with one attached hydrogen (secondary N) is 1. The molecule has 1 fully saturated rings. The highest BCUT2D eigenvalue weighted by atomic mass is 35.5. The number of hydrogen-bond donors (Lipinski definition) is 1. The summed E-state index contributed by atoms with van der Waals surface area (Å²) < 4.78 is 7.07. The first-order valence-corrected chi connectivity index (χ1v) is 11.4. The molecule has 1 aliphatic rings. The number of nitrogens with zero attached hydrogens (tertiary/aromatic N) is 3. The lowest BCUT2D eigenvalue weighted by molar-refractivity contribution is -0.113. The summed E-state index contributed by atoms with van der Waals surface area (Å²) in [4.78, 5) is 32.6. The van der Waals surface area contributed by atoms with E-state index in [0.29, 0.717) is 46.5 Å². The van der Waals surface area contributed by atoms with Crippen molar-refractivity contribution in [2.75, 3.05) is 43.9 Å². The van der Waals surface area contributed by atoms with Gasteiger partial charge >= 0.3 is 0 Å². The number of hydrogen-bond acceptors (Lipinski definition) is 6. The summed E-state index contributed by atoms with van der Waals surface area (Å²) in [7, 11) is 0. The Labute approximate surface area is 189 Å². The maximum atomic E-state index is 13.2. The van der Waals surface area contributed by atoms with Gasteiger partial charge in [0.1, 0.15) is 0 Å². The lowest BCUT2D eigenvalue weighted by Crippen LogP contribution is -2.39. The molecule has 7 nitrogen and oxygen atoms in total. The van der Waals surface area contributed by atoms with Crippen LogP contribution >= 0.6 is 23.4 Å². The van der Waals surface area contributed by atoms with Crippen molar-refractivity contribution >= 4 is 45.9 Å². The lowest BCUT2D eigenvalue weighted by atomic mass is 10.2. The van der Waals surface area contributed by atoms with Crippen LogP contribution in [0.1, 0.15) is 0 Å². The molecule has 162 valence electrons. The zero-order chi connectivity index (χ0) is 21.6. The molecule has 1 amide bonds. The predicted octanol–water partition coefficient (Wildman–Crippen LogP) is 3.11. The Hall–Kier alpha value is -2.39. The molecule has 0 spiro atoms. The molecule has 1 aliphatic heterocycles. The summed E-state index contributed by atoms with van der Waals surface area (Å²) in [5, 5.41) is 4.40. The fraction of sp³-hybridized carbons (Fsp3) is 0.318. The first kappa shape index (κ1) is 21.8. The van der Waals surface area contributed by atoms with Crippen molar-refractivity contribution in [3.8, 4) is 0 Å². The molecular weight excluding hydrogens is 436 g/mol. The molecule has 0 unspecified atom stereocenters. The monoisotopic (exact) mass is 458 g/mol. The maximum Gasteiger partial charge on any atom is 0.262 e. The smallest absolute Gasteiger partial charge is 0.262 e. The number of anilines is 1. The Kier molecular flexibility index (Phi) is 7.24. The van der Waals surface area contributed by atoms with Crippen molar-refractivity contribution in [2.45, 2.75) is 11.7 Å². The quantitative estimate of drug-likeness (QED) is 0.433. The van der Waals surface area contributed by atoms with E-state index in [9.17, 15) is 9.59 Å². The fourth-order valence-corrected chi connectivity index (χ4v) is 4.41. The van der Waals surface area contributed by atoms with Gasteiger partial charge in [-0.1, -0.05) is 47.6 Å². The van der Waals surface area contributed by atoms with Crippen LogP contribution in [0.3, 0.4) is 0 Å². The summed E-state index contributed by atoms with van der Waals surface area (Å²) in [5.41, 5.74) is 1.10. The van der Waals surface area contributed by atoms with Gasteiger partial charge in [0.2, 0.25) is 5.91 Å². The molecule has 2 heterocycles. The van der Waals surface area contributed by atoms with E-state index in [1.165, 1.54) is 11.8 Å². The molecule has 0 radical (unpaired) electrons. The largest absolute Gasteiger partial charge is 0.379 e. The third-order valence-electron chi connectivity index (χ3n) is 5.05. The number of benzene rings is 2. The number of thioether (sulfide) groups is 1. The van der Waals surface area contributed by atoms with Crippen molar-refractivity contribution in [1.82, 2.24) is 14.5 Å². The first-order valence-electron chi connectivity index (χ1n) is 10.1. The predicted molar refractivity (Wildman–Crippen MR) is 124 cm³/mol. The summed E-state index contributed by atoms with van der Waals surface area (Å²) >= 11 is 7.37. The normalized spacial score (nSPS) is 14.6. The zero-order valence-corrected chi connectivity index (χ0v) is 18.5. The van der Waals surface area contributed by atoms with Crippen LogP contribution < -0.4 is 10.9 Å². The summed E-state index contributed by atoms with van der Waals surface area (Å²) in [5.74, 6) is -0.0895. The minimum Gasteiger partial charge on any atom is -0.379 e. The van der Waals surface area contributed by atoms with Crippen molar-refractivity contribution in [3.63, 3.8) is 0 Å². The van der Waals surface area contributed by atoms with Gasteiger partial charge in [-0.15, -0.1) is 0 Å². The van der Waals surface area contributed by atoms with E-state index in [1.807, 2.05) is 24.3 Å². The molecule has 0 bridgehead atoms. The minimum atomic E-state index is -0.208. The second-order valence-electron chi connectivity index (χ2n) is 7.14. The molecule has 3 aromatic rings. The molecular formula is C22H23ClN4O3S. The Morgan fingerprint density at radius 1 is 1.10 bits per heavy atom. The van der Waals surface area contributed by atoms with Crippen molar-refractivity contribution in [2.24, 2.45) is 0 Å². The Morgan fingerprint density at radius 2 is 1.84 bits per heavy atom. The van der Waals surface area contributed by atoms with E-state index >= 15 is 0 Å². The van der Waals surface area contributed by atoms with Gasteiger partial charge in [-0.25, -0.2) is 4.98 Å². The Bertz CT molecular complexity index is 1130. The molecule has 31 heavy (non-hydrogen) atoms. The Morgan fingerprint density at radius 3 is 2.65 bits per heavy atom. The van der Waals surface area contributed by atoms with Gasteiger partial charge in [-0.05, 0) is 24.3 Å². The number of morpholine rings is 1. The average Bonchev–Trinajstić information content (AvgIpc) is 2.79. The van der Waals surface area contributed by atoms with Gasteiger partial charge in [0, 0.05) is 26.2 Å². The zero-order valence-electron chi connectivity index (χ0n) is 16.9. The second kappa shape index (κ2) is 10.3. The van der Waals surface area contributed by atoms with E-state index in [-0.39, 0.29) is 17.2 Å². The van der Waals surface area contributed by atoms with Crippen LogP contribution in [-0.2, 0) is 16.1 Å². The van der Waals surface area contributed by atoms with Crippen LogP contribution in [0, 0.1) is 0 Å². The van der Waals surface area contributed by atoms with Crippen LogP contribution in [0.5, 0.6) is 0 Å². The SMILES string of the molecule is O=C(CSc1nc2ccccc2c(=O)n1CCN1CCOCC1)Nc1ccccc1Cl. The van der Waals surface area contributed by atoms with Gasteiger partial charge in [-0.3, -0.25) is 19.1 Å². The molecule has 4 rings (SSSR count). The summed E-state index contributed by atoms with van der Waals surface area (Å²) in [6.07, 6.45) is 0. The van der Waals surface area contributed by atoms with Gasteiger partial charge in [0.15, 0.2) is 5.16 Å². The molecule has 0 aliphatic carbocycles. The summed E-state index contributed by atoms with van der Waals surface area (Å²) in [6.45, 7) is 4.33. The van der Waals surface area contributed by atoms with Gasteiger partial charge < -0.3 is 10.1 Å². The molecule has 0 saturated carbocycles. The second-order valence-corrected chi connectivity index (χ2v) is 8.49. The number of amides is 1. The van der Waals surface area contributed by atoms with Crippen LogP contribution in [0.2, 0.25) is 5.02 Å². The number of fused-ring (bicyclic) bond motifs is 1. The van der Waals surface area contributed by atoms with Crippen LogP contribution in [0.25, 0.3) is 10.9 Å². The van der Waals surface area contributed by atoms with Crippen molar-refractivity contribution < 1.29 is 9.53 Å². The highest BCUT2D eigenvalue weighted by Crippen LogP contribution is 2.22. The number of aromatic nitrogens is 2. The fourth-order valence-electron chi connectivity index (χ4n) is 3.40. The van der Waals surface area contributed by atoms with Crippen LogP contribution in [0.4, 0.5) is 5.69 Å². The van der Waals surface area contributed by atoms with E-state index in [4.69, 9.17) is 16.3 Å². The van der Waals surface area contributed by atoms with E-state index in [2.05, 4.69) is 15.2 Å². The molecule has 0 atom stereocenters. The lowest BCUT2D eigenvalue weighted by Gasteiger charge is -2.27. The van der Waals surface area contributed by atoms with Crippen molar-refractivity contribution in [3.05, 3.63) is 63.9 Å². The van der Waals surface area contributed by atoms with E-state index in [1.54, 1.807) is 28.8 Å².